The van der Waals surface area contributed by atoms with Crippen LogP contribution in [0.15, 0.2) is 36.4 Å². The molecule has 2 aromatic carbocycles. The summed E-state index contributed by atoms with van der Waals surface area (Å²) in [5, 5.41) is 19.9. The monoisotopic (exact) mass is 277 g/mol. The highest BCUT2D eigenvalue weighted by atomic mass is 19.1. The second kappa shape index (κ2) is 5.66. The Morgan fingerprint density at radius 1 is 1.35 bits per heavy atom. The maximum absolute atomic E-state index is 13.7. The summed E-state index contributed by atoms with van der Waals surface area (Å²) >= 11 is 0. The van der Waals surface area contributed by atoms with Crippen LogP contribution in [0.5, 0.6) is 11.5 Å². The van der Waals surface area contributed by atoms with Crippen LogP contribution in [0, 0.1) is 22.9 Å². The highest BCUT2D eigenvalue weighted by Gasteiger charge is 2.14. The Labute approximate surface area is 114 Å². The molecule has 0 radical (unpaired) electrons. The van der Waals surface area contributed by atoms with Crippen LogP contribution in [0.4, 0.5) is 10.1 Å². The molecule has 104 valence electrons. The third-order valence-electron chi connectivity index (χ3n) is 2.80. The molecule has 6 heteroatoms. The molecule has 0 spiro atoms. The standard InChI is InChI=1S/C14H12FNO4/c1-9-7-11(5-6-13(9)16(18)19)20-14-10(8-17)3-2-4-12(14)15/h2-7,17H,8H2,1H3. The van der Waals surface area contributed by atoms with Gasteiger partial charge >= 0.3 is 0 Å². The topological polar surface area (TPSA) is 72.6 Å². The van der Waals surface area contributed by atoms with Gasteiger partial charge in [0.2, 0.25) is 0 Å². The van der Waals surface area contributed by atoms with Crippen molar-refractivity contribution in [2.75, 3.05) is 0 Å². The molecule has 0 aliphatic rings. The first kappa shape index (κ1) is 14.0. The zero-order valence-electron chi connectivity index (χ0n) is 10.7. The minimum absolute atomic E-state index is 0.0340. The molecule has 0 amide bonds. The fraction of sp³-hybridized carbons (Fsp3) is 0.143. The van der Waals surface area contributed by atoms with Gasteiger partial charge in [0.15, 0.2) is 11.6 Å². The van der Waals surface area contributed by atoms with E-state index in [0.717, 1.165) is 0 Å². The molecule has 5 nitrogen and oxygen atoms in total. The number of aryl methyl sites for hydroxylation is 1. The highest BCUT2D eigenvalue weighted by molar-refractivity contribution is 5.46. The quantitative estimate of drug-likeness (QED) is 0.687. The number of nitro benzene ring substituents is 1. The maximum atomic E-state index is 13.7. The number of ether oxygens (including phenoxy) is 1. The van der Waals surface area contributed by atoms with Gasteiger partial charge in [-0.25, -0.2) is 4.39 Å². The molecule has 0 atom stereocenters. The molecule has 2 rings (SSSR count). The third kappa shape index (κ3) is 2.75. The summed E-state index contributed by atoms with van der Waals surface area (Å²) in [6.07, 6.45) is 0. The van der Waals surface area contributed by atoms with Crippen LogP contribution in [0.3, 0.4) is 0 Å². The largest absolute Gasteiger partial charge is 0.454 e. The van der Waals surface area contributed by atoms with Gasteiger partial charge in [0.1, 0.15) is 5.75 Å². The third-order valence-corrected chi connectivity index (χ3v) is 2.80. The van der Waals surface area contributed by atoms with Gasteiger partial charge < -0.3 is 9.84 Å². The number of hydrogen-bond acceptors (Lipinski definition) is 4. The Kier molecular flexibility index (Phi) is 3.95. The molecular weight excluding hydrogens is 265 g/mol. The predicted molar refractivity (Wildman–Crippen MR) is 70.2 cm³/mol. The maximum Gasteiger partial charge on any atom is 0.272 e. The number of para-hydroxylation sites is 1. The van der Waals surface area contributed by atoms with Gasteiger partial charge in [0, 0.05) is 17.2 Å². The van der Waals surface area contributed by atoms with E-state index < -0.39 is 10.7 Å². The molecule has 2 aromatic rings. The molecule has 0 saturated heterocycles. The summed E-state index contributed by atoms with van der Waals surface area (Å²) in [6, 6.07) is 8.35. The van der Waals surface area contributed by atoms with Crippen LogP contribution in [0.2, 0.25) is 0 Å². The number of hydrogen-bond donors (Lipinski definition) is 1. The van der Waals surface area contributed by atoms with Crippen LogP contribution in [0.25, 0.3) is 0 Å². The van der Waals surface area contributed by atoms with Crippen molar-refractivity contribution >= 4 is 5.69 Å². The van der Waals surface area contributed by atoms with Crippen molar-refractivity contribution in [2.24, 2.45) is 0 Å². The number of aliphatic hydroxyl groups is 1. The van der Waals surface area contributed by atoms with Gasteiger partial charge in [-0.05, 0) is 25.1 Å². The first-order valence-electron chi connectivity index (χ1n) is 5.84. The van der Waals surface area contributed by atoms with Gasteiger partial charge in [-0.3, -0.25) is 10.1 Å². The van der Waals surface area contributed by atoms with Crippen molar-refractivity contribution in [3.8, 4) is 11.5 Å². The zero-order valence-corrected chi connectivity index (χ0v) is 10.7. The average molecular weight is 277 g/mol. The lowest BCUT2D eigenvalue weighted by Crippen LogP contribution is -1.96. The lowest BCUT2D eigenvalue weighted by Gasteiger charge is -2.11. The van der Waals surface area contributed by atoms with Crippen molar-refractivity contribution in [2.45, 2.75) is 13.5 Å². The summed E-state index contributed by atoms with van der Waals surface area (Å²) in [4.78, 5) is 10.2. The summed E-state index contributed by atoms with van der Waals surface area (Å²) < 4.78 is 19.1. The van der Waals surface area contributed by atoms with Crippen LogP contribution in [-0.2, 0) is 6.61 Å². The van der Waals surface area contributed by atoms with Crippen molar-refractivity contribution in [3.63, 3.8) is 0 Å². The fourth-order valence-electron chi connectivity index (χ4n) is 1.81. The minimum Gasteiger partial charge on any atom is -0.454 e. The molecule has 20 heavy (non-hydrogen) atoms. The number of nitrogens with zero attached hydrogens (tertiary/aromatic N) is 1. The Morgan fingerprint density at radius 2 is 2.10 bits per heavy atom. The highest BCUT2D eigenvalue weighted by Crippen LogP contribution is 2.31. The second-order valence-corrected chi connectivity index (χ2v) is 4.19. The van der Waals surface area contributed by atoms with Crippen molar-refractivity contribution in [3.05, 3.63) is 63.5 Å². The number of benzene rings is 2. The van der Waals surface area contributed by atoms with Crippen molar-refractivity contribution in [1.82, 2.24) is 0 Å². The predicted octanol–water partition coefficient (Wildman–Crippen LogP) is 3.33. The van der Waals surface area contributed by atoms with Crippen LogP contribution >= 0.6 is 0 Å². The van der Waals surface area contributed by atoms with E-state index in [1.807, 2.05) is 0 Å². The Morgan fingerprint density at radius 3 is 2.70 bits per heavy atom. The summed E-state index contributed by atoms with van der Waals surface area (Å²) in [6.45, 7) is 1.21. The van der Waals surface area contributed by atoms with Gasteiger partial charge in [-0.1, -0.05) is 12.1 Å². The van der Waals surface area contributed by atoms with Gasteiger partial charge in [0.25, 0.3) is 5.69 Å². The smallest absolute Gasteiger partial charge is 0.272 e. The molecule has 0 bridgehead atoms. The zero-order chi connectivity index (χ0) is 14.7. The summed E-state index contributed by atoms with van der Waals surface area (Å²) in [5.74, 6) is -0.413. The minimum atomic E-state index is -0.604. The second-order valence-electron chi connectivity index (χ2n) is 4.19. The van der Waals surface area contributed by atoms with Crippen LogP contribution < -0.4 is 4.74 Å². The number of halogens is 1. The van der Waals surface area contributed by atoms with Crippen LogP contribution in [-0.4, -0.2) is 10.0 Å². The first-order chi connectivity index (χ1) is 9.52. The molecule has 0 unspecified atom stereocenters. The van der Waals surface area contributed by atoms with Crippen molar-refractivity contribution < 1.29 is 19.2 Å². The van der Waals surface area contributed by atoms with E-state index >= 15 is 0 Å². The van der Waals surface area contributed by atoms with E-state index in [2.05, 4.69) is 0 Å². The van der Waals surface area contributed by atoms with Gasteiger partial charge in [-0.2, -0.15) is 0 Å². The lowest BCUT2D eigenvalue weighted by molar-refractivity contribution is -0.385. The Hall–Kier alpha value is -2.47. The van der Waals surface area contributed by atoms with E-state index in [4.69, 9.17) is 9.84 Å². The van der Waals surface area contributed by atoms with E-state index in [1.165, 1.54) is 36.4 Å². The normalized spacial score (nSPS) is 10.3. The summed E-state index contributed by atoms with van der Waals surface area (Å²) in [7, 11) is 0. The van der Waals surface area contributed by atoms with E-state index in [0.29, 0.717) is 11.1 Å². The number of nitro groups is 1. The first-order valence-corrected chi connectivity index (χ1v) is 5.84. The molecular formula is C14H12FNO4. The van der Waals surface area contributed by atoms with E-state index in [9.17, 15) is 14.5 Å². The SMILES string of the molecule is Cc1cc(Oc2c(F)cccc2CO)ccc1[N+](=O)[O-]. The Bertz CT molecular complexity index is 658. The number of aliphatic hydroxyl groups excluding tert-OH is 1. The average Bonchev–Trinajstić information content (AvgIpc) is 2.40. The van der Waals surface area contributed by atoms with Crippen LogP contribution in [0.1, 0.15) is 11.1 Å². The van der Waals surface area contributed by atoms with E-state index in [-0.39, 0.29) is 23.8 Å². The molecule has 0 saturated carbocycles. The Balaban J connectivity index is 2.36. The number of rotatable bonds is 4. The lowest BCUT2D eigenvalue weighted by atomic mass is 10.2. The molecule has 0 aliphatic heterocycles. The molecule has 0 heterocycles. The molecule has 0 aliphatic carbocycles. The molecule has 1 N–H and O–H groups in total. The van der Waals surface area contributed by atoms with E-state index in [1.54, 1.807) is 6.92 Å². The summed E-state index contributed by atoms with van der Waals surface area (Å²) in [5.41, 5.74) is 0.684. The van der Waals surface area contributed by atoms with Crippen molar-refractivity contribution in [1.29, 1.82) is 0 Å². The van der Waals surface area contributed by atoms with Gasteiger partial charge in [0.05, 0.1) is 11.5 Å². The molecule has 0 aromatic heterocycles. The van der Waals surface area contributed by atoms with Gasteiger partial charge in [-0.15, -0.1) is 0 Å². The fourth-order valence-corrected chi connectivity index (χ4v) is 1.81. The molecule has 0 fully saturated rings.